The summed E-state index contributed by atoms with van der Waals surface area (Å²) in [6, 6.07) is 31.5. The van der Waals surface area contributed by atoms with E-state index in [4.69, 9.17) is 11.5 Å². The lowest BCUT2D eigenvalue weighted by atomic mass is 10.0. The molecule has 5 rings (SSSR count). The number of nitrogens with two attached hydrogens (primary N) is 2. The molecule has 0 saturated heterocycles. The van der Waals surface area contributed by atoms with Crippen LogP contribution in [0.1, 0.15) is 31.2 Å². The van der Waals surface area contributed by atoms with Crippen molar-refractivity contribution < 1.29 is 0 Å². The van der Waals surface area contributed by atoms with E-state index in [9.17, 15) is 0 Å². The van der Waals surface area contributed by atoms with Crippen molar-refractivity contribution >= 4 is 44.6 Å². The third-order valence-corrected chi connectivity index (χ3v) is 6.62. The number of unbranched alkanes of at least 4 members (excludes halogenated alkanes) is 3. The van der Waals surface area contributed by atoms with E-state index < -0.39 is 0 Å². The molecule has 0 amide bonds. The Labute approximate surface area is 201 Å². The van der Waals surface area contributed by atoms with E-state index in [1.165, 1.54) is 46.6 Å². The number of aryl methyl sites for hydroxylation is 1. The van der Waals surface area contributed by atoms with E-state index in [1.807, 2.05) is 24.3 Å². The largest absolute Gasteiger partial charge is 0.399 e. The Morgan fingerprint density at radius 2 is 1.21 bits per heavy atom. The van der Waals surface area contributed by atoms with Crippen LogP contribution in [0.2, 0.25) is 0 Å². The van der Waals surface area contributed by atoms with Gasteiger partial charge in [0.15, 0.2) is 0 Å². The molecule has 0 aliphatic rings. The molecule has 0 spiro atoms. The number of aromatic amines is 1. The van der Waals surface area contributed by atoms with Crippen LogP contribution in [0.25, 0.3) is 21.8 Å². The fraction of sp³-hybridized carbons (Fsp3) is 0.200. The molecule has 0 unspecified atom stereocenters. The molecule has 4 aromatic carbocycles. The number of nitrogens with zero attached hydrogens (tertiary/aromatic N) is 1. The Morgan fingerprint density at radius 3 is 1.91 bits per heavy atom. The summed E-state index contributed by atoms with van der Waals surface area (Å²) in [6.45, 7) is 0.964. The van der Waals surface area contributed by atoms with Gasteiger partial charge in [0.05, 0.1) is 0 Å². The minimum Gasteiger partial charge on any atom is -0.399 e. The number of hydrogen-bond donors (Lipinski definition) is 3. The Hall–Kier alpha value is -3.92. The predicted molar refractivity (Wildman–Crippen MR) is 147 cm³/mol. The number of aromatic nitrogens is 1. The van der Waals surface area contributed by atoms with Crippen LogP contribution in [0.3, 0.4) is 0 Å². The van der Waals surface area contributed by atoms with E-state index in [-0.39, 0.29) is 0 Å². The lowest BCUT2D eigenvalue weighted by Gasteiger charge is -2.25. The Kier molecular flexibility index (Phi) is 6.39. The summed E-state index contributed by atoms with van der Waals surface area (Å²) in [7, 11) is 0. The molecule has 0 radical (unpaired) electrons. The van der Waals surface area contributed by atoms with Crippen molar-refractivity contribution in [2.75, 3.05) is 22.9 Å². The SMILES string of the molecule is Nc1ccc(N(CCCCCCc2cccc3c2[nH]c2ccccc23)c2ccc(N)cc2)cc1. The molecule has 0 atom stereocenters. The number of hydrogen-bond acceptors (Lipinski definition) is 3. The summed E-state index contributed by atoms with van der Waals surface area (Å²) >= 11 is 0. The molecule has 4 heteroatoms. The lowest BCUT2D eigenvalue weighted by Crippen LogP contribution is -2.18. The average molecular weight is 449 g/mol. The van der Waals surface area contributed by atoms with Gasteiger partial charge in [-0.1, -0.05) is 49.2 Å². The zero-order chi connectivity index (χ0) is 23.3. The predicted octanol–water partition coefficient (Wildman–Crippen LogP) is 7.43. The van der Waals surface area contributed by atoms with Gasteiger partial charge >= 0.3 is 0 Å². The maximum Gasteiger partial charge on any atom is 0.0497 e. The first-order chi connectivity index (χ1) is 16.7. The highest BCUT2D eigenvalue weighted by Gasteiger charge is 2.10. The van der Waals surface area contributed by atoms with Crippen molar-refractivity contribution in [1.82, 2.24) is 4.98 Å². The van der Waals surface area contributed by atoms with Gasteiger partial charge in [-0.2, -0.15) is 0 Å². The van der Waals surface area contributed by atoms with Gasteiger partial charge in [0.1, 0.15) is 0 Å². The normalized spacial score (nSPS) is 11.3. The summed E-state index contributed by atoms with van der Waals surface area (Å²) in [5.74, 6) is 0. The van der Waals surface area contributed by atoms with E-state index in [0.717, 1.165) is 42.1 Å². The van der Waals surface area contributed by atoms with Crippen LogP contribution in [0.15, 0.2) is 91.0 Å². The number of H-pyrrole nitrogens is 1. The van der Waals surface area contributed by atoms with Crippen molar-refractivity contribution in [3.63, 3.8) is 0 Å². The first-order valence-electron chi connectivity index (χ1n) is 12.2. The van der Waals surface area contributed by atoms with Crippen LogP contribution in [-0.4, -0.2) is 11.5 Å². The van der Waals surface area contributed by atoms with Gasteiger partial charge in [0, 0.05) is 51.1 Å². The van der Waals surface area contributed by atoms with Crippen LogP contribution in [0.5, 0.6) is 0 Å². The topological polar surface area (TPSA) is 71.1 Å². The molecule has 0 aliphatic heterocycles. The molecule has 172 valence electrons. The molecular formula is C30H32N4. The number of fused-ring (bicyclic) bond motifs is 3. The molecule has 1 heterocycles. The zero-order valence-corrected chi connectivity index (χ0v) is 19.5. The Balaban J connectivity index is 1.19. The number of para-hydroxylation sites is 2. The number of anilines is 4. The fourth-order valence-electron chi connectivity index (χ4n) is 4.80. The first-order valence-corrected chi connectivity index (χ1v) is 12.2. The minimum absolute atomic E-state index is 0.783. The summed E-state index contributed by atoms with van der Waals surface area (Å²) < 4.78 is 0. The second kappa shape index (κ2) is 9.92. The smallest absolute Gasteiger partial charge is 0.0497 e. The van der Waals surface area contributed by atoms with Gasteiger partial charge in [-0.05, 0) is 79.4 Å². The molecule has 0 bridgehead atoms. The molecule has 34 heavy (non-hydrogen) atoms. The molecule has 1 aromatic heterocycles. The van der Waals surface area contributed by atoms with Crippen molar-refractivity contribution in [3.05, 3.63) is 96.6 Å². The Morgan fingerprint density at radius 1 is 0.588 bits per heavy atom. The van der Waals surface area contributed by atoms with Gasteiger partial charge in [-0.3, -0.25) is 0 Å². The maximum atomic E-state index is 5.91. The maximum absolute atomic E-state index is 5.91. The summed E-state index contributed by atoms with van der Waals surface area (Å²) in [5, 5.41) is 2.64. The van der Waals surface area contributed by atoms with Crippen LogP contribution < -0.4 is 16.4 Å². The van der Waals surface area contributed by atoms with E-state index in [0.29, 0.717) is 0 Å². The van der Waals surface area contributed by atoms with Crippen molar-refractivity contribution in [3.8, 4) is 0 Å². The quantitative estimate of drug-likeness (QED) is 0.162. The minimum atomic E-state index is 0.783. The highest BCUT2D eigenvalue weighted by Crippen LogP contribution is 2.29. The summed E-state index contributed by atoms with van der Waals surface area (Å²) in [6.07, 6.45) is 5.84. The fourth-order valence-corrected chi connectivity index (χ4v) is 4.80. The zero-order valence-electron chi connectivity index (χ0n) is 19.5. The van der Waals surface area contributed by atoms with Crippen molar-refractivity contribution in [2.45, 2.75) is 32.1 Å². The third kappa shape index (κ3) is 4.72. The van der Waals surface area contributed by atoms with Crippen molar-refractivity contribution in [2.24, 2.45) is 0 Å². The average Bonchev–Trinajstić information content (AvgIpc) is 3.25. The van der Waals surface area contributed by atoms with Gasteiger partial charge < -0.3 is 21.4 Å². The van der Waals surface area contributed by atoms with Gasteiger partial charge in [0.2, 0.25) is 0 Å². The molecule has 5 N–H and O–H groups in total. The highest BCUT2D eigenvalue weighted by atomic mass is 15.1. The molecule has 0 saturated carbocycles. The van der Waals surface area contributed by atoms with Gasteiger partial charge in [-0.15, -0.1) is 0 Å². The lowest BCUT2D eigenvalue weighted by molar-refractivity contribution is 0.643. The molecule has 4 nitrogen and oxygen atoms in total. The van der Waals surface area contributed by atoms with E-state index >= 15 is 0 Å². The second-order valence-corrected chi connectivity index (χ2v) is 9.01. The summed E-state index contributed by atoms with van der Waals surface area (Å²) in [4.78, 5) is 5.98. The summed E-state index contributed by atoms with van der Waals surface area (Å²) in [5.41, 5.74) is 19.6. The van der Waals surface area contributed by atoms with E-state index in [1.54, 1.807) is 0 Å². The number of nitrogens with one attached hydrogen (secondary N) is 1. The highest BCUT2D eigenvalue weighted by molar-refractivity contribution is 6.08. The first kappa shape index (κ1) is 21.9. The van der Waals surface area contributed by atoms with Gasteiger partial charge in [0.25, 0.3) is 0 Å². The standard InChI is InChI=1S/C30H32N4/c31-23-13-17-25(18-14-23)34(26-19-15-24(32)16-20-26)21-6-2-1-3-8-22-9-7-11-28-27-10-4-5-12-29(27)33-30(22)28/h4-5,7,9-20,33H,1-3,6,8,21,31-32H2. The molecule has 0 aliphatic carbocycles. The molecule has 0 fully saturated rings. The second-order valence-electron chi connectivity index (χ2n) is 9.01. The number of benzene rings is 4. The Bertz CT molecular complexity index is 1320. The van der Waals surface area contributed by atoms with Crippen LogP contribution in [0.4, 0.5) is 22.7 Å². The number of nitrogen functional groups attached to an aromatic ring is 2. The number of rotatable bonds is 9. The molecule has 5 aromatic rings. The molecular weight excluding hydrogens is 416 g/mol. The van der Waals surface area contributed by atoms with Gasteiger partial charge in [-0.25, -0.2) is 0 Å². The third-order valence-electron chi connectivity index (χ3n) is 6.62. The van der Waals surface area contributed by atoms with Crippen LogP contribution >= 0.6 is 0 Å². The van der Waals surface area contributed by atoms with Crippen LogP contribution in [0, 0.1) is 0 Å². The van der Waals surface area contributed by atoms with E-state index in [2.05, 4.69) is 76.6 Å². The van der Waals surface area contributed by atoms with Crippen LogP contribution in [-0.2, 0) is 6.42 Å². The van der Waals surface area contributed by atoms with Crippen molar-refractivity contribution in [1.29, 1.82) is 0 Å². The monoisotopic (exact) mass is 448 g/mol.